The molecule has 0 aliphatic rings. The first kappa shape index (κ1) is 16.7. The third-order valence-corrected chi connectivity index (χ3v) is 3.49. The van der Waals surface area contributed by atoms with Gasteiger partial charge in [-0.1, -0.05) is 17.2 Å². The van der Waals surface area contributed by atoms with E-state index in [2.05, 4.69) is 10.4 Å². The molecule has 1 aromatic carbocycles. The van der Waals surface area contributed by atoms with Crippen LogP contribution >= 0.6 is 0 Å². The Morgan fingerprint density at radius 2 is 1.87 bits per heavy atom. The Bertz CT molecular complexity index is 701. The van der Waals surface area contributed by atoms with Gasteiger partial charge in [0.15, 0.2) is 0 Å². The minimum absolute atomic E-state index is 0.0252. The van der Waals surface area contributed by atoms with Gasteiger partial charge in [0.2, 0.25) is 5.91 Å². The molecule has 23 heavy (non-hydrogen) atoms. The summed E-state index contributed by atoms with van der Waals surface area (Å²) in [7, 11) is 3.54. The lowest BCUT2D eigenvalue weighted by molar-refractivity contribution is -0.129. The van der Waals surface area contributed by atoms with E-state index in [0.717, 1.165) is 16.7 Å². The van der Waals surface area contributed by atoms with Gasteiger partial charge in [-0.25, -0.2) is 0 Å². The van der Waals surface area contributed by atoms with Gasteiger partial charge >= 0.3 is 0 Å². The molecule has 1 heterocycles. The molecule has 6 heteroatoms. The van der Waals surface area contributed by atoms with Crippen molar-refractivity contribution < 1.29 is 9.59 Å². The van der Waals surface area contributed by atoms with Crippen LogP contribution in [0.2, 0.25) is 0 Å². The molecule has 0 atom stereocenters. The molecular formula is C17H22N4O2. The maximum absolute atomic E-state index is 12.1. The van der Waals surface area contributed by atoms with Gasteiger partial charge in [0, 0.05) is 38.0 Å². The van der Waals surface area contributed by atoms with Crippen molar-refractivity contribution in [3.8, 4) is 0 Å². The molecule has 0 saturated heterocycles. The number of benzene rings is 1. The Labute approximate surface area is 136 Å². The number of carbonyl (C=O) groups is 2. The lowest BCUT2D eigenvalue weighted by atomic mass is 10.1. The summed E-state index contributed by atoms with van der Waals surface area (Å²) >= 11 is 0. The van der Waals surface area contributed by atoms with Crippen LogP contribution in [0.15, 0.2) is 30.6 Å². The van der Waals surface area contributed by atoms with Gasteiger partial charge in [0.05, 0.1) is 12.7 Å². The van der Waals surface area contributed by atoms with Crippen LogP contribution in [0.5, 0.6) is 0 Å². The molecule has 0 aliphatic heterocycles. The summed E-state index contributed by atoms with van der Waals surface area (Å²) < 4.78 is 1.69. The fourth-order valence-corrected chi connectivity index (χ4v) is 2.41. The smallest absolute Gasteiger partial charge is 0.251 e. The highest BCUT2D eigenvalue weighted by Gasteiger charge is 2.13. The van der Waals surface area contributed by atoms with Crippen LogP contribution in [0.25, 0.3) is 0 Å². The summed E-state index contributed by atoms with van der Waals surface area (Å²) in [5.74, 6) is -0.383. The van der Waals surface area contributed by atoms with Crippen molar-refractivity contribution in [2.24, 2.45) is 7.05 Å². The van der Waals surface area contributed by atoms with Crippen molar-refractivity contribution >= 4 is 11.8 Å². The summed E-state index contributed by atoms with van der Waals surface area (Å²) in [6.07, 6.45) is 3.58. The molecule has 1 N–H and O–H groups in total. The van der Waals surface area contributed by atoms with Gasteiger partial charge in [0.25, 0.3) is 5.91 Å². The maximum Gasteiger partial charge on any atom is 0.251 e. The number of aryl methyl sites for hydroxylation is 3. The zero-order valence-corrected chi connectivity index (χ0v) is 14.0. The summed E-state index contributed by atoms with van der Waals surface area (Å²) in [5.41, 5.74) is 3.57. The molecule has 0 fully saturated rings. The van der Waals surface area contributed by atoms with E-state index in [4.69, 9.17) is 0 Å². The molecule has 2 amide bonds. The second-order valence-electron chi connectivity index (χ2n) is 5.83. The van der Waals surface area contributed by atoms with E-state index in [1.54, 1.807) is 22.8 Å². The van der Waals surface area contributed by atoms with Crippen molar-refractivity contribution in [2.75, 3.05) is 13.6 Å². The van der Waals surface area contributed by atoms with Crippen LogP contribution < -0.4 is 5.32 Å². The molecule has 2 aromatic rings. The predicted octanol–water partition coefficient (Wildman–Crippen LogP) is 1.43. The molecule has 0 spiro atoms. The van der Waals surface area contributed by atoms with E-state index in [1.807, 2.05) is 45.3 Å². The number of likely N-dealkylation sites (N-methyl/N-ethyl adjacent to an activating group) is 1. The zero-order valence-electron chi connectivity index (χ0n) is 14.0. The Hall–Kier alpha value is -2.63. The maximum atomic E-state index is 12.1. The average molecular weight is 314 g/mol. The fourth-order valence-electron chi connectivity index (χ4n) is 2.41. The first-order valence-electron chi connectivity index (χ1n) is 7.43. The third kappa shape index (κ3) is 4.67. The van der Waals surface area contributed by atoms with Gasteiger partial charge in [0.1, 0.15) is 0 Å². The highest BCUT2D eigenvalue weighted by atomic mass is 16.2. The van der Waals surface area contributed by atoms with E-state index in [1.165, 1.54) is 0 Å². The van der Waals surface area contributed by atoms with Crippen LogP contribution in [0, 0.1) is 13.8 Å². The predicted molar refractivity (Wildman–Crippen MR) is 87.9 cm³/mol. The first-order chi connectivity index (χ1) is 10.8. The number of hydrogen-bond acceptors (Lipinski definition) is 3. The van der Waals surface area contributed by atoms with Crippen LogP contribution in [0.3, 0.4) is 0 Å². The minimum Gasteiger partial charge on any atom is -0.343 e. The second kappa shape index (κ2) is 7.09. The highest BCUT2D eigenvalue weighted by Crippen LogP contribution is 2.08. The molecule has 0 aliphatic carbocycles. The standard InChI is InChI=1S/C17H22N4O2/c1-12-5-13(2)7-15(6-12)17(23)18-9-16(22)20(3)10-14-8-19-21(4)11-14/h5-8,11H,9-10H2,1-4H3,(H,18,23). The van der Waals surface area contributed by atoms with Gasteiger partial charge in [-0.2, -0.15) is 5.10 Å². The minimum atomic E-state index is -0.236. The van der Waals surface area contributed by atoms with E-state index in [-0.39, 0.29) is 18.4 Å². The van der Waals surface area contributed by atoms with Crippen molar-refractivity contribution in [1.82, 2.24) is 20.0 Å². The van der Waals surface area contributed by atoms with Crippen molar-refractivity contribution in [1.29, 1.82) is 0 Å². The Balaban J connectivity index is 1.89. The number of rotatable bonds is 5. The third-order valence-electron chi connectivity index (χ3n) is 3.49. The summed E-state index contributed by atoms with van der Waals surface area (Å²) in [6, 6.07) is 5.63. The first-order valence-corrected chi connectivity index (χ1v) is 7.43. The van der Waals surface area contributed by atoms with E-state index >= 15 is 0 Å². The molecule has 0 radical (unpaired) electrons. The fraction of sp³-hybridized carbons (Fsp3) is 0.353. The van der Waals surface area contributed by atoms with Crippen molar-refractivity contribution in [3.63, 3.8) is 0 Å². The number of hydrogen-bond donors (Lipinski definition) is 1. The zero-order chi connectivity index (χ0) is 17.0. The van der Waals surface area contributed by atoms with E-state index < -0.39 is 0 Å². The lowest BCUT2D eigenvalue weighted by Gasteiger charge is -2.16. The monoisotopic (exact) mass is 314 g/mol. The normalized spacial score (nSPS) is 10.4. The van der Waals surface area contributed by atoms with Crippen molar-refractivity contribution in [3.05, 3.63) is 52.8 Å². The van der Waals surface area contributed by atoms with Crippen LogP contribution in [0.1, 0.15) is 27.0 Å². The van der Waals surface area contributed by atoms with Gasteiger partial charge in [-0.3, -0.25) is 14.3 Å². The molecular weight excluding hydrogens is 292 g/mol. The molecule has 0 unspecified atom stereocenters. The topological polar surface area (TPSA) is 67.2 Å². The molecule has 6 nitrogen and oxygen atoms in total. The SMILES string of the molecule is Cc1cc(C)cc(C(=O)NCC(=O)N(C)Cc2cnn(C)c2)c1. The van der Waals surface area contributed by atoms with Gasteiger partial charge in [-0.05, 0) is 26.0 Å². The largest absolute Gasteiger partial charge is 0.343 e. The quantitative estimate of drug-likeness (QED) is 0.908. The number of amides is 2. The number of nitrogens with one attached hydrogen (secondary N) is 1. The Kier molecular flexibility index (Phi) is 5.16. The lowest BCUT2D eigenvalue weighted by Crippen LogP contribution is -2.37. The van der Waals surface area contributed by atoms with E-state index in [0.29, 0.717) is 12.1 Å². The van der Waals surface area contributed by atoms with Crippen molar-refractivity contribution in [2.45, 2.75) is 20.4 Å². The van der Waals surface area contributed by atoms with Gasteiger partial charge < -0.3 is 10.2 Å². The average Bonchev–Trinajstić information content (AvgIpc) is 2.88. The molecule has 0 bridgehead atoms. The molecule has 0 saturated carbocycles. The summed E-state index contributed by atoms with van der Waals surface area (Å²) in [6.45, 7) is 4.32. The van der Waals surface area contributed by atoms with Crippen LogP contribution in [-0.2, 0) is 18.4 Å². The van der Waals surface area contributed by atoms with Gasteiger partial charge in [-0.15, -0.1) is 0 Å². The number of carbonyl (C=O) groups excluding carboxylic acids is 2. The Morgan fingerprint density at radius 3 is 2.43 bits per heavy atom. The highest BCUT2D eigenvalue weighted by molar-refractivity contribution is 5.96. The Morgan fingerprint density at radius 1 is 1.22 bits per heavy atom. The number of nitrogens with zero attached hydrogens (tertiary/aromatic N) is 3. The van der Waals surface area contributed by atoms with Crippen LogP contribution in [0.4, 0.5) is 0 Å². The summed E-state index contributed by atoms with van der Waals surface area (Å²) in [5, 5.41) is 6.74. The summed E-state index contributed by atoms with van der Waals surface area (Å²) in [4.78, 5) is 25.8. The van der Waals surface area contributed by atoms with E-state index in [9.17, 15) is 9.59 Å². The van der Waals surface area contributed by atoms with Crippen LogP contribution in [-0.4, -0.2) is 40.1 Å². The number of aromatic nitrogens is 2. The molecule has 122 valence electrons. The molecule has 2 rings (SSSR count). The molecule has 1 aromatic heterocycles. The second-order valence-corrected chi connectivity index (χ2v) is 5.83.